The molecule has 0 spiro atoms. The first-order valence-electron chi connectivity index (χ1n) is 13.4. The van der Waals surface area contributed by atoms with Gasteiger partial charge in [-0.1, -0.05) is 90.9 Å². The number of carbonyl (C=O) groups is 2. The Morgan fingerprint density at radius 3 is 1.75 bits per heavy atom. The zero-order valence-electron chi connectivity index (χ0n) is 22.0. The zero-order valence-corrected chi connectivity index (χ0v) is 22.0. The summed E-state index contributed by atoms with van der Waals surface area (Å²) in [6.07, 6.45) is 17.4. The molecule has 0 bridgehead atoms. The maximum Gasteiger partial charge on any atom is 0.309 e. The van der Waals surface area contributed by atoms with E-state index in [9.17, 15) is 9.59 Å². The minimum Gasteiger partial charge on any atom is -0.462 e. The van der Waals surface area contributed by atoms with E-state index in [4.69, 9.17) is 9.47 Å². The van der Waals surface area contributed by atoms with E-state index < -0.39 is 6.10 Å². The van der Waals surface area contributed by atoms with Gasteiger partial charge in [0.05, 0.1) is 5.92 Å². The number of nitrogens with zero attached hydrogens (tertiary/aromatic N) is 1. The van der Waals surface area contributed by atoms with Crippen LogP contribution < -0.4 is 0 Å². The molecule has 0 aromatic rings. The Kier molecular flexibility index (Phi) is 21.0. The van der Waals surface area contributed by atoms with Gasteiger partial charge in [0.2, 0.25) is 0 Å². The third kappa shape index (κ3) is 19.6. The molecule has 0 saturated heterocycles. The lowest BCUT2D eigenvalue weighted by Crippen LogP contribution is -2.26. The van der Waals surface area contributed by atoms with E-state index in [2.05, 4.69) is 13.8 Å². The quantitative estimate of drug-likeness (QED) is 0.131. The summed E-state index contributed by atoms with van der Waals surface area (Å²) in [4.78, 5) is 26.7. The summed E-state index contributed by atoms with van der Waals surface area (Å²) in [5.41, 5.74) is 0. The summed E-state index contributed by atoms with van der Waals surface area (Å²) in [6.45, 7) is 7.27. The summed E-state index contributed by atoms with van der Waals surface area (Å²) in [6, 6.07) is 0. The van der Waals surface area contributed by atoms with E-state index in [-0.39, 0.29) is 24.5 Å². The molecule has 1 unspecified atom stereocenters. The first-order chi connectivity index (χ1) is 15.4. The molecule has 32 heavy (non-hydrogen) atoms. The number of ether oxygens (including phenoxy) is 2. The number of hydrogen-bond donors (Lipinski definition) is 0. The van der Waals surface area contributed by atoms with Gasteiger partial charge in [-0.2, -0.15) is 0 Å². The smallest absolute Gasteiger partial charge is 0.309 e. The average Bonchev–Trinajstić information content (AvgIpc) is 2.75. The van der Waals surface area contributed by atoms with Gasteiger partial charge in [0.15, 0.2) is 0 Å². The van der Waals surface area contributed by atoms with Crippen molar-refractivity contribution in [1.29, 1.82) is 0 Å². The molecular formula is C27H53NO4. The summed E-state index contributed by atoms with van der Waals surface area (Å²) < 4.78 is 11.0. The van der Waals surface area contributed by atoms with Gasteiger partial charge in [-0.05, 0) is 46.8 Å². The molecule has 0 saturated carbocycles. The normalized spacial score (nSPS) is 12.3. The average molecular weight is 456 g/mol. The molecule has 5 nitrogen and oxygen atoms in total. The fraction of sp³-hybridized carbons (Fsp3) is 0.926. The Morgan fingerprint density at radius 2 is 1.25 bits per heavy atom. The fourth-order valence-electron chi connectivity index (χ4n) is 3.90. The van der Waals surface area contributed by atoms with Crippen LogP contribution in [0.2, 0.25) is 0 Å². The van der Waals surface area contributed by atoms with Gasteiger partial charge in [-0.3, -0.25) is 9.59 Å². The molecule has 0 amide bonds. The predicted molar refractivity (Wildman–Crippen MR) is 134 cm³/mol. The number of hydrogen-bond acceptors (Lipinski definition) is 5. The van der Waals surface area contributed by atoms with Crippen molar-refractivity contribution in [2.75, 3.05) is 27.2 Å². The highest BCUT2D eigenvalue weighted by atomic mass is 16.6. The van der Waals surface area contributed by atoms with Crippen molar-refractivity contribution in [1.82, 2.24) is 4.90 Å². The van der Waals surface area contributed by atoms with Crippen molar-refractivity contribution in [2.24, 2.45) is 5.92 Å². The molecule has 0 aliphatic carbocycles. The lowest BCUT2D eigenvalue weighted by molar-refractivity contribution is -0.160. The monoisotopic (exact) mass is 455 g/mol. The van der Waals surface area contributed by atoms with Gasteiger partial charge in [-0.25, -0.2) is 0 Å². The Hall–Kier alpha value is -1.10. The first-order valence-corrected chi connectivity index (χ1v) is 13.4. The number of unbranched alkanes of at least 4 members (excludes halogenated alkanes) is 10. The van der Waals surface area contributed by atoms with Gasteiger partial charge in [0.1, 0.15) is 12.7 Å². The molecule has 0 aliphatic heterocycles. The fourth-order valence-corrected chi connectivity index (χ4v) is 3.90. The van der Waals surface area contributed by atoms with Crippen LogP contribution >= 0.6 is 0 Å². The standard InChI is InChI=1S/C27H53NO4/c1-6-8-10-12-14-16-19-25(20-17-15-13-11-9-7-2)27(30)31-23-24(3)32-26(29)21-18-22-28(4)5/h24-25H,6-23H2,1-5H3. The molecule has 5 heteroatoms. The van der Waals surface area contributed by atoms with Gasteiger partial charge in [0.25, 0.3) is 0 Å². The Bertz CT molecular complexity index is 437. The predicted octanol–water partition coefficient (Wildman–Crippen LogP) is 6.92. The topological polar surface area (TPSA) is 55.8 Å². The first kappa shape index (κ1) is 30.9. The molecule has 0 aromatic heterocycles. The van der Waals surface area contributed by atoms with Crippen LogP contribution in [-0.2, 0) is 19.1 Å². The van der Waals surface area contributed by atoms with E-state index in [1.807, 2.05) is 19.0 Å². The highest BCUT2D eigenvalue weighted by molar-refractivity contribution is 5.72. The molecule has 0 aliphatic rings. The zero-order chi connectivity index (χ0) is 24.0. The van der Waals surface area contributed by atoms with Crippen LogP contribution in [-0.4, -0.2) is 50.2 Å². The van der Waals surface area contributed by atoms with Crippen molar-refractivity contribution in [3.8, 4) is 0 Å². The lowest BCUT2D eigenvalue weighted by Gasteiger charge is -2.19. The maximum atomic E-state index is 12.7. The van der Waals surface area contributed by atoms with Crippen LogP contribution in [0.25, 0.3) is 0 Å². The SMILES string of the molecule is CCCCCCCCC(CCCCCCCC)C(=O)OCC(C)OC(=O)CCCN(C)C. The molecule has 0 fully saturated rings. The van der Waals surface area contributed by atoms with Gasteiger partial charge in [0, 0.05) is 6.42 Å². The van der Waals surface area contributed by atoms with Gasteiger partial charge >= 0.3 is 11.9 Å². The van der Waals surface area contributed by atoms with Crippen molar-refractivity contribution < 1.29 is 19.1 Å². The number of esters is 2. The lowest BCUT2D eigenvalue weighted by atomic mass is 9.94. The van der Waals surface area contributed by atoms with Crippen LogP contribution in [0, 0.1) is 5.92 Å². The van der Waals surface area contributed by atoms with Crippen LogP contribution in [0.15, 0.2) is 0 Å². The van der Waals surface area contributed by atoms with Crippen LogP contribution in [0.3, 0.4) is 0 Å². The van der Waals surface area contributed by atoms with Gasteiger partial charge in [-0.15, -0.1) is 0 Å². The Morgan fingerprint density at radius 1 is 0.750 bits per heavy atom. The van der Waals surface area contributed by atoms with Crippen LogP contribution in [0.5, 0.6) is 0 Å². The maximum absolute atomic E-state index is 12.7. The highest BCUT2D eigenvalue weighted by Crippen LogP contribution is 2.21. The highest BCUT2D eigenvalue weighted by Gasteiger charge is 2.21. The number of rotatable bonds is 22. The van der Waals surface area contributed by atoms with E-state index in [1.165, 1.54) is 64.2 Å². The van der Waals surface area contributed by atoms with Crippen molar-refractivity contribution in [2.45, 2.75) is 130 Å². The molecule has 190 valence electrons. The molecule has 1 atom stereocenters. The second kappa shape index (κ2) is 21.7. The minimum atomic E-state index is -0.394. The second-order valence-electron chi connectivity index (χ2n) is 9.65. The van der Waals surface area contributed by atoms with Crippen molar-refractivity contribution >= 4 is 11.9 Å². The van der Waals surface area contributed by atoms with E-state index in [1.54, 1.807) is 6.92 Å². The molecule has 0 aromatic carbocycles. The summed E-state index contributed by atoms with van der Waals surface area (Å²) in [5, 5.41) is 0. The molecule has 0 heterocycles. The Labute approximate surface area is 199 Å². The molecule has 0 rings (SSSR count). The summed E-state index contributed by atoms with van der Waals surface area (Å²) in [5.74, 6) is -0.343. The molecule has 0 radical (unpaired) electrons. The summed E-state index contributed by atoms with van der Waals surface area (Å²) in [7, 11) is 3.97. The third-order valence-electron chi connectivity index (χ3n) is 5.92. The molecule has 0 N–H and O–H groups in total. The molecular weight excluding hydrogens is 402 g/mol. The van der Waals surface area contributed by atoms with E-state index in [0.717, 1.165) is 38.6 Å². The van der Waals surface area contributed by atoms with Gasteiger partial charge < -0.3 is 14.4 Å². The third-order valence-corrected chi connectivity index (χ3v) is 5.92. The second-order valence-corrected chi connectivity index (χ2v) is 9.65. The number of carbonyl (C=O) groups excluding carboxylic acids is 2. The largest absolute Gasteiger partial charge is 0.462 e. The van der Waals surface area contributed by atoms with Crippen molar-refractivity contribution in [3.63, 3.8) is 0 Å². The van der Waals surface area contributed by atoms with E-state index in [0.29, 0.717) is 6.42 Å². The summed E-state index contributed by atoms with van der Waals surface area (Å²) >= 11 is 0. The van der Waals surface area contributed by atoms with E-state index >= 15 is 0 Å². The van der Waals surface area contributed by atoms with Crippen LogP contribution in [0.1, 0.15) is 124 Å². The Balaban J connectivity index is 4.31. The minimum absolute atomic E-state index is 0.0182. The van der Waals surface area contributed by atoms with Crippen LogP contribution in [0.4, 0.5) is 0 Å². The van der Waals surface area contributed by atoms with Crippen molar-refractivity contribution in [3.05, 3.63) is 0 Å².